The highest BCUT2D eigenvalue weighted by molar-refractivity contribution is 7.89. The van der Waals surface area contributed by atoms with E-state index in [1.54, 1.807) is 51.4 Å². The van der Waals surface area contributed by atoms with Gasteiger partial charge in [0.05, 0.1) is 29.0 Å². The number of esters is 1. The van der Waals surface area contributed by atoms with E-state index in [-0.39, 0.29) is 46.9 Å². The highest BCUT2D eigenvalue weighted by Crippen LogP contribution is 2.34. The van der Waals surface area contributed by atoms with Gasteiger partial charge in [-0.1, -0.05) is 18.2 Å². The van der Waals surface area contributed by atoms with Crippen LogP contribution in [0.1, 0.15) is 25.6 Å². The Morgan fingerprint density at radius 3 is 2.26 bits per heavy atom. The van der Waals surface area contributed by atoms with E-state index >= 15 is 0 Å². The molecule has 34 heavy (non-hydrogen) atoms. The van der Waals surface area contributed by atoms with Crippen LogP contribution in [0.15, 0.2) is 35.2 Å². The van der Waals surface area contributed by atoms with Crippen molar-refractivity contribution in [2.45, 2.75) is 11.8 Å². The minimum absolute atomic E-state index is 0.0216. The Labute approximate surface area is 203 Å². The monoisotopic (exact) mass is 508 g/mol. The number of hydrogen-bond donors (Lipinski definition) is 1. The van der Waals surface area contributed by atoms with Crippen molar-refractivity contribution in [1.29, 1.82) is 0 Å². The number of nitrogens with one attached hydrogen (secondary N) is 1. The van der Waals surface area contributed by atoms with Gasteiger partial charge in [-0.25, -0.2) is 13.2 Å². The van der Waals surface area contributed by atoms with Crippen molar-refractivity contribution in [2.75, 3.05) is 59.2 Å². The summed E-state index contributed by atoms with van der Waals surface area (Å²) in [7, 11) is 0.873. The average molecular weight is 509 g/mol. The van der Waals surface area contributed by atoms with Crippen molar-refractivity contribution in [3.05, 3.63) is 46.3 Å². The SMILES string of the molecule is COC(=O)c1c(NC(=O)CN2CCN(S(=O)(=O)c3ccccc3)CC2)sc(C(=O)N(C)C)c1C. The number of hydrogen-bond acceptors (Lipinski definition) is 8. The fraction of sp³-hybridized carbons (Fsp3) is 0.409. The summed E-state index contributed by atoms with van der Waals surface area (Å²) >= 11 is 1.03. The molecule has 0 aliphatic carbocycles. The van der Waals surface area contributed by atoms with Gasteiger partial charge in [-0.3, -0.25) is 14.5 Å². The van der Waals surface area contributed by atoms with E-state index in [1.807, 2.05) is 4.90 Å². The maximum atomic E-state index is 12.8. The third-order valence-corrected chi connectivity index (χ3v) is 8.58. The van der Waals surface area contributed by atoms with Gasteiger partial charge in [0.1, 0.15) is 5.00 Å². The summed E-state index contributed by atoms with van der Waals surface area (Å²) in [6, 6.07) is 8.24. The molecule has 1 aromatic carbocycles. The molecule has 10 nitrogen and oxygen atoms in total. The lowest BCUT2D eigenvalue weighted by Gasteiger charge is -2.33. The van der Waals surface area contributed by atoms with Gasteiger partial charge in [-0.05, 0) is 24.6 Å². The summed E-state index contributed by atoms with van der Waals surface area (Å²) in [6.07, 6.45) is 0. The molecule has 0 unspecified atom stereocenters. The quantitative estimate of drug-likeness (QED) is 0.563. The van der Waals surface area contributed by atoms with Crippen LogP contribution in [0.5, 0.6) is 0 Å². The molecule has 0 saturated carbocycles. The van der Waals surface area contributed by atoms with Gasteiger partial charge in [-0.15, -0.1) is 11.3 Å². The number of piperazine rings is 1. The third kappa shape index (κ3) is 5.46. The van der Waals surface area contributed by atoms with Crippen molar-refractivity contribution in [1.82, 2.24) is 14.1 Å². The Morgan fingerprint density at radius 2 is 1.71 bits per heavy atom. The van der Waals surface area contributed by atoms with Crippen molar-refractivity contribution in [3.63, 3.8) is 0 Å². The Bertz CT molecular complexity index is 1170. The molecule has 1 N–H and O–H groups in total. The molecule has 1 aromatic heterocycles. The molecular weight excluding hydrogens is 480 g/mol. The van der Waals surface area contributed by atoms with Crippen molar-refractivity contribution >= 4 is 44.1 Å². The highest BCUT2D eigenvalue weighted by Gasteiger charge is 2.30. The van der Waals surface area contributed by atoms with E-state index < -0.39 is 16.0 Å². The molecule has 0 bridgehead atoms. The van der Waals surface area contributed by atoms with E-state index in [0.717, 1.165) is 11.3 Å². The van der Waals surface area contributed by atoms with E-state index in [2.05, 4.69) is 5.32 Å². The van der Waals surface area contributed by atoms with Gasteiger partial charge in [0.25, 0.3) is 5.91 Å². The molecule has 12 heteroatoms. The standard InChI is InChI=1S/C22H28N4O6S2/c1-15-18(22(29)32-4)20(33-19(15)21(28)24(2)3)23-17(27)14-25-10-12-26(13-11-25)34(30,31)16-8-6-5-7-9-16/h5-9H,10-14H2,1-4H3,(H,23,27). The van der Waals surface area contributed by atoms with Crippen molar-refractivity contribution < 1.29 is 27.5 Å². The fourth-order valence-electron chi connectivity index (χ4n) is 3.60. The lowest BCUT2D eigenvalue weighted by molar-refractivity contribution is -0.117. The number of methoxy groups -OCH3 is 1. The molecule has 0 spiro atoms. The maximum absolute atomic E-state index is 12.8. The Balaban J connectivity index is 1.66. The lowest BCUT2D eigenvalue weighted by Crippen LogP contribution is -2.50. The highest BCUT2D eigenvalue weighted by atomic mass is 32.2. The first-order chi connectivity index (χ1) is 16.1. The van der Waals surface area contributed by atoms with Crippen LogP contribution in [-0.4, -0.2) is 94.2 Å². The number of rotatable bonds is 7. The van der Waals surface area contributed by atoms with E-state index in [9.17, 15) is 22.8 Å². The summed E-state index contributed by atoms with van der Waals surface area (Å²) in [5.41, 5.74) is 0.607. The molecular formula is C22H28N4O6S2. The van der Waals surface area contributed by atoms with Gasteiger partial charge in [0.2, 0.25) is 15.9 Å². The molecule has 1 saturated heterocycles. The molecule has 3 rings (SSSR count). The summed E-state index contributed by atoms with van der Waals surface area (Å²) in [5.74, 6) is -1.28. The molecule has 2 heterocycles. The second kappa shape index (κ2) is 10.6. The summed E-state index contributed by atoms with van der Waals surface area (Å²) in [6.45, 7) is 2.96. The van der Waals surface area contributed by atoms with Crippen LogP contribution >= 0.6 is 11.3 Å². The average Bonchev–Trinajstić information content (AvgIpc) is 3.14. The molecule has 2 amide bonds. The molecule has 1 fully saturated rings. The summed E-state index contributed by atoms with van der Waals surface area (Å²) < 4.78 is 31.8. The van der Waals surface area contributed by atoms with E-state index in [0.29, 0.717) is 23.5 Å². The lowest BCUT2D eigenvalue weighted by atomic mass is 10.1. The van der Waals surface area contributed by atoms with E-state index in [4.69, 9.17) is 4.74 Å². The predicted molar refractivity (Wildman–Crippen MR) is 129 cm³/mol. The number of amides is 2. The van der Waals surface area contributed by atoms with Gasteiger partial charge in [-0.2, -0.15) is 4.31 Å². The van der Waals surface area contributed by atoms with E-state index in [1.165, 1.54) is 16.3 Å². The molecule has 184 valence electrons. The zero-order chi connectivity index (χ0) is 25.0. The van der Waals surface area contributed by atoms with Crippen molar-refractivity contribution in [3.8, 4) is 0 Å². The molecule has 0 atom stereocenters. The Kier molecular flexibility index (Phi) is 8.08. The van der Waals surface area contributed by atoms with Crippen LogP contribution in [0.3, 0.4) is 0 Å². The number of sulfonamides is 1. The largest absolute Gasteiger partial charge is 0.465 e. The number of carbonyl (C=O) groups is 3. The third-order valence-electron chi connectivity index (χ3n) is 5.47. The van der Waals surface area contributed by atoms with Crippen LogP contribution in [0.2, 0.25) is 0 Å². The minimum Gasteiger partial charge on any atom is -0.465 e. The Morgan fingerprint density at radius 1 is 1.09 bits per heavy atom. The number of benzene rings is 1. The molecule has 0 radical (unpaired) electrons. The first kappa shape index (κ1) is 25.8. The Hall–Kier alpha value is -2.80. The molecule has 1 aliphatic heterocycles. The number of nitrogens with zero attached hydrogens (tertiary/aromatic N) is 3. The molecule has 1 aliphatic rings. The van der Waals surface area contributed by atoms with Gasteiger partial charge < -0.3 is 15.0 Å². The topological polar surface area (TPSA) is 116 Å². The zero-order valence-corrected chi connectivity index (χ0v) is 21.2. The second-order valence-electron chi connectivity index (χ2n) is 7.99. The first-order valence-electron chi connectivity index (χ1n) is 10.6. The van der Waals surface area contributed by atoms with Crippen LogP contribution in [0.25, 0.3) is 0 Å². The second-order valence-corrected chi connectivity index (χ2v) is 11.0. The van der Waals surface area contributed by atoms with Gasteiger partial charge in [0, 0.05) is 40.3 Å². The van der Waals surface area contributed by atoms with Crippen LogP contribution in [0, 0.1) is 6.92 Å². The minimum atomic E-state index is -3.58. The fourth-order valence-corrected chi connectivity index (χ4v) is 6.27. The van der Waals surface area contributed by atoms with Crippen LogP contribution in [0.4, 0.5) is 5.00 Å². The molecule has 2 aromatic rings. The first-order valence-corrected chi connectivity index (χ1v) is 12.8. The predicted octanol–water partition coefficient (Wildman–Crippen LogP) is 1.49. The maximum Gasteiger partial charge on any atom is 0.341 e. The number of anilines is 1. The number of thiophene rings is 1. The summed E-state index contributed by atoms with van der Waals surface area (Å²) in [4.78, 5) is 41.4. The zero-order valence-electron chi connectivity index (χ0n) is 19.5. The van der Waals surface area contributed by atoms with Gasteiger partial charge in [0.15, 0.2) is 0 Å². The van der Waals surface area contributed by atoms with Crippen LogP contribution in [-0.2, 0) is 19.6 Å². The van der Waals surface area contributed by atoms with Crippen LogP contribution < -0.4 is 5.32 Å². The smallest absolute Gasteiger partial charge is 0.341 e. The number of carbonyl (C=O) groups excluding carboxylic acids is 3. The number of ether oxygens (including phenoxy) is 1. The van der Waals surface area contributed by atoms with Crippen molar-refractivity contribution in [2.24, 2.45) is 0 Å². The van der Waals surface area contributed by atoms with Gasteiger partial charge >= 0.3 is 5.97 Å². The summed E-state index contributed by atoms with van der Waals surface area (Å²) in [5, 5.41) is 2.98. The normalized spacial score (nSPS) is 15.1.